The number of nitrogens with zero attached hydrogens (tertiary/aromatic N) is 1. The molecule has 0 bridgehead atoms. The second-order valence-corrected chi connectivity index (χ2v) is 6.79. The summed E-state index contributed by atoms with van der Waals surface area (Å²) in [5, 5.41) is 18.7. The Morgan fingerprint density at radius 2 is 1.96 bits per heavy atom. The summed E-state index contributed by atoms with van der Waals surface area (Å²) in [6.45, 7) is -0.0258. The van der Waals surface area contributed by atoms with Crippen LogP contribution >= 0.6 is 11.6 Å². The molecule has 2 aromatic rings. The number of sulfonamides is 1. The van der Waals surface area contributed by atoms with E-state index < -0.39 is 26.5 Å². The van der Waals surface area contributed by atoms with Gasteiger partial charge in [0.15, 0.2) is 0 Å². The zero-order valence-electron chi connectivity index (χ0n) is 12.1. The van der Waals surface area contributed by atoms with Gasteiger partial charge in [0.1, 0.15) is 5.56 Å². The summed E-state index contributed by atoms with van der Waals surface area (Å²) in [5.74, 6) is -0.681. The summed E-state index contributed by atoms with van der Waals surface area (Å²) in [6, 6.07) is 9.40. The first-order chi connectivity index (χ1) is 11.2. The maximum absolute atomic E-state index is 12.1. The van der Waals surface area contributed by atoms with Crippen LogP contribution in [0.4, 0.5) is 5.69 Å². The lowest BCUT2D eigenvalue weighted by molar-refractivity contribution is -0.385. The van der Waals surface area contributed by atoms with Gasteiger partial charge in [0.2, 0.25) is 10.0 Å². The number of primary sulfonamides is 1. The van der Waals surface area contributed by atoms with Gasteiger partial charge in [-0.05, 0) is 29.8 Å². The molecular weight excluding hydrogens is 358 g/mol. The van der Waals surface area contributed by atoms with E-state index in [-0.39, 0.29) is 22.0 Å². The fourth-order valence-electron chi connectivity index (χ4n) is 1.96. The second kappa shape index (κ2) is 6.95. The lowest BCUT2D eigenvalue weighted by Crippen LogP contribution is -2.24. The summed E-state index contributed by atoms with van der Waals surface area (Å²) in [4.78, 5) is 22.3. The Kier molecular flexibility index (Phi) is 5.17. The van der Waals surface area contributed by atoms with E-state index in [1.807, 2.05) is 0 Å². The molecule has 0 aromatic heterocycles. The molecule has 24 heavy (non-hydrogen) atoms. The molecule has 0 aliphatic heterocycles. The van der Waals surface area contributed by atoms with Crippen LogP contribution < -0.4 is 10.5 Å². The Labute approximate surface area is 142 Å². The quantitative estimate of drug-likeness (QED) is 0.612. The molecule has 0 fully saturated rings. The number of hydrogen-bond acceptors (Lipinski definition) is 5. The molecule has 8 nitrogen and oxygen atoms in total. The maximum Gasteiger partial charge on any atom is 0.283 e. The number of nitro groups is 1. The molecule has 2 rings (SSSR count). The standard InChI is InChI=1S/C14H12ClN3O5S/c15-10-4-5-12(13(7-10)18(20)21)14(19)17-8-9-2-1-3-11(6-9)24(16,22)23/h1-7H,8H2,(H,17,19)(H2,16,22,23). The zero-order chi connectivity index (χ0) is 17.9. The van der Waals surface area contributed by atoms with E-state index in [4.69, 9.17) is 16.7 Å². The van der Waals surface area contributed by atoms with Gasteiger partial charge in [0, 0.05) is 17.6 Å². The molecule has 0 saturated heterocycles. The lowest BCUT2D eigenvalue weighted by atomic mass is 10.1. The van der Waals surface area contributed by atoms with Crippen molar-refractivity contribution in [3.05, 3.63) is 68.7 Å². The van der Waals surface area contributed by atoms with E-state index in [1.54, 1.807) is 6.07 Å². The Balaban J connectivity index is 2.19. The summed E-state index contributed by atoms with van der Waals surface area (Å²) < 4.78 is 22.6. The van der Waals surface area contributed by atoms with Crippen molar-refractivity contribution in [1.29, 1.82) is 0 Å². The van der Waals surface area contributed by atoms with Crippen LogP contribution in [-0.2, 0) is 16.6 Å². The van der Waals surface area contributed by atoms with Crippen LogP contribution in [-0.4, -0.2) is 19.2 Å². The molecule has 0 aliphatic carbocycles. The first-order valence-electron chi connectivity index (χ1n) is 6.52. The molecule has 0 aliphatic rings. The van der Waals surface area contributed by atoms with Gasteiger partial charge in [-0.25, -0.2) is 13.6 Å². The number of carbonyl (C=O) groups is 1. The van der Waals surface area contributed by atoms with Gasteiger partial charge in [0.25, 0.3) is 11.6 Å². The van der Waals surface area contributed by atoms with Gasteiger partial charge in [-0.15, -0.1) is 0 Å². The smallest absolute Gasteiger partial charge is 0.283 e. The Morgan fingerprint density at radius 1 is 1.25 bits per heavy atom. The molecule has 0 heterocycles. The molecule has 1 amide bonds. The van der Waals surface area contributed by atoms with Crippen molar-refractivity contribution in [2.75, 3.05) is 0 Å². The number of halogens is 1. The zero-order valence-corrected chi connectivity index (χ0v) is 13.7. The van der Waals surface area contributed by atoms with Gasteiger partial charge < -0.3 is 5.32 Å². The van der Waals surface area contributed by atoms with Crippen LogP contribution in [0.2, 0.25) is 5.02 Å². The van der Waals surface area contributed by atoms with Gasteiger partial charge >= 0.3 is 0 Å². The van der Waals surface area contributed by atoms with E-state index in [1.165, 1.54) is 30.3 Å². The number of hydrogen-bond donors (Lipinski definition) is 2. The highest BCUT2D eigenvalue weighted by atomic mass is 35.5. The van der Waals surface area contributed by atoms with Gasteiger partial charge in [-0.3, -0.25) is 14.9 Å². The largest absolute Gasteiger partial charge is 0.348 e. The highest BCUT2D eigenvalue weighted by molar-refractivity contribution is 7.89. The van der Waals surface area contributed by atoms with E-state index in [0.717, 1.165) is 6.07 Å². The first kappa shape index (κ1) is 17.9. The van der Waals surface area contributed by atoms with E-state index >= 15 is 0 Å². The van der Waals surface area contributed by atoms with Crippen molar-refractivity contribution in [1.82, 2.24) is 5.32 Å². The number of nitrogens with two attached hydrogens (primary N) is 1. The van der Waals surface area contributed by atoms with Crippen LogP contribution in [0.25, 0.3) is 0 Å². The molecular formula is C14H12ClN3O5S. The normalized spacial score (nSPS) is 11.1. The number of benzene rings is 2. The van der Waals surface area contributed by atoms with Crippen LogP contribution in [0.5, 0.6) is 0 Å². The first-order valence-corrected chi connectivity index (χ1v) is 8.45. The fourth-order valence-corrected chi connectivity index (χ4v) is 2.71. The highest BCUT2D eigenvalue weighted by Crippen LogP contribution is 2.23. The molecule has 0 atom stereocenters. The number of nitrogens with one attached hydrogen (secondary N) is 1. The summed E-state index contributed by atoms with van der Waals surface area (Å²) >= 11 is 5.69. The topological polar surface area (TPSA) is 132 Å². The monoisotopic (exact) mass is 369 g/mol. The third-order valence-corrected chi connectivity index (χ3v) is 4.23. The molecule has 0 unspecified atom stereocenters. The van der Waals surface area contributed by atoms with Crippen molar-refractivity contribution in [2.45, 2.75) is 11.4 Å². The average molecular weight is 370 g/mol. The minimum Gasteiger partial charge on any atom is -0.348 e. The van der Waals surface area contributed by atoms with E-state index in [0.29, 0.717) is 5.56 Å². The average Bonchev–Trinajstić information content (AvgIpc) is 2.52. The third-order valence-electron chi connectivity index (χ3n) is 3.08. The van der Waals surface area contributed by atoms with Crippen LogP contribution in [0.3, 0.4) is 0 Å². The van der Waals surface area contributed by atoms with Crippen molar-refractivity contribution in [3.63, 3.8) is 0 Å². The van der Waals surface area contributed by atoms with Crippen molar-refractivity contribution in [2.24, 2.45) is 5.14 Å². The summed E-state index contributed by atoms with van der Waals surface area (Å²) in [6.07, 6.45) is 0. The molecule has 0 saturated carbocycles. The van der Waals surface area contributed by atoms with E-state index in [9.17, 15) is 23.3 Å². The lowest BCUT2D eigenvalue weighted by Gasteiger charge is -2.07. The molecule has 126 valence electrons. The van der Waals surface area contributed by atoms with Crippen LogP contribution in [0.15, 0.2) is 47.4 Å². The number of nitro benzene ring substituents is 1. The second-order valence-electron chi connectivity index (χ2n) is 4.79. The fraction of sp³-hybridized carbons (Fsp3) is 0.0714. The summed E-state index contributed by atoms with van der Waals surface area (Å²) in [5.41, 5.74) is -0.0863. The van der Waals surface area contributed by atoms with Crippen molar-refractivity contribution in [3.8, 4) is 0 Å². The molecule has 0 radical (unpaired) electrons. The predicted octanol–water partition coefficient (Wildman–Crippen LogP) is 1.83. The Morgan fingerprint density at radius 3 is 2.58 bits per heavy atom. The Hall–Kier alpha value is -2.49. The number of carbonyl (C=O) groups excluding carboxylic acids is 1. The van der Waals surface area contributed by atoms with Crippen molar-refractivity contribution < 1.29 is 18.1 Å². The third kappa shape index (κ3) is 4.28. The molecule has 3 N–H and O–H groups in total. The molecule has 2 aromatic carbocycles. The number of amides is 1. The minimum atomic E-state index is -3.86. The Bertz CT molecular complexity index is 914. The van der Waals surface area contributed by atoms with Gasteiger partial charge in [0.05, 0.1) is 9.82 Å². The molecule has 0 spiro atoms. The summed E-state index contributed by atoms with van der Waals surface area (Å²) in [7, 11) is -3.86. The SMILES string of the molecule is NS(=O)(=O)c1cccc(CNC(=O)c2ccc(Cl)cc2[N+](=O)[O-])c1. The van der Waals surface area contributed by atoms with Gasteiger partial charge in [-0.2, -0.15) is 0 Å². The molecule has 10 heteroatoms. The van der Waals surface area contributed by atoms with E-state index in [2.05, 4.69) is 5.32 Å². The maximum atomic E-state index is 12.1. The minimum absolute atomic E-state index is 0.0258. The van der Waals surface area contributed by atoms with Crippen LogP contribution in [0.1, 0.15) is 15.9 Å². The van der Waals surface area contributed by atoms with Crippen LogP contribution in [0, 0.1) is 10.1 Å². The van der Waals surface area contributed by atoms with Crippen molar-refractivity contribution >= 4 is 33.2 Å². The van der Waals surface area contributed by atoms with Gasteiger partial charge in [-0.1, -0.05) is 23.7 Å². The highest BCUT2D eigenvalue weighted by Gasteiger charge is 2.20. The number of rotatable bonds is 5. The predicted molar refractivity (Wildman–Crippen MR) is 87.1 cm³/mol.